The molecular formula is C13H18ClNO3. The van der Waals surface area contributed by atoms with Crippen LogP contribution in [0.5, 0.6) is 5.75 Å². The Labute approximate surface area is 112 Å². The minimum absolute atomic E-state index is 0.110. The Bertz CT molecular complexity index is 409. The summed E-state index contributed by atoms with van der Waals surface area (Å²) >= 11 is 5.90. The predicted octanol–water partition coefficient (Wildman–Crippen LogP) is 2.29. The van der Waals surface area contributed by atoms with Crippen LogP contribution in [0.4, 0.5) is 0 Å². The largest absolute Gasteiger partial charge is 0.495 e. The molecule has 0 radical (unpaired) electrons. The molecule has 0 saturated carbocycles. The number of carbonyl (C=O) groups is 1. The second-order valence-corrected chi connectivity index (χ2v) is 4.36. The van der Waals surface area contributed by atoms with E-state index in [1.165, 1.54) is 7.11 Å². The molecule has 0 aliphatic carbocycles. The summed E-state index contributed by atoms with van der Waals surface area (Å²) in [7, 11) is 3.13. The first-order valence-corrected chi connectivity index (χ1v) is 6.10. The Balaban J connectivity index is 2.71. The molecule has 0 saturated heterocycles. The highest BCUT2D eigenvalue weighted by atomic mass is 35.5. The molecule has 1 aromatic rings. The molecular weight excluding hydrogens is 254 g/mol. The summed E-state index contributed by atoms with van der Waals surface area (Å²) in [5.74, 6) is 0.368. The summed E-state index contributed by atoms with van der Waals surface area (Å²) in [4.78, 5) is 12.1. The molecule has 1 atom stereocenters. The molecule has 2 N–H and O–H groups in total. The number of methoxy groups -OCH3 is 2. The molecule has 0 amide bonds. The van der Waals surface area contributed by atoms with Crippen molar-refractivity contribution in [2.45, 2.75) is 18.9 Å². The van der Waals surface area contributed by atoms with Crippen LogP contribution in [-0.4, -0.2) is 32.7 Å². The zero-order valence-corrected chi connectivity index (χ0v) is 11.4. The second-order valence-electron chi connectivity index (χ2n) is 3.96. The van der Waals surface area contributed by atoms with Crippen molar-refractivity contribution >= 4 is 17.4 Å². The minimum Gasteiger partial charge on any atom is -0.495 e. The van der Waals surface area contributed by atoms with Crippen LogP contribution in [-0.2, 0) is 4.74 Å². The van der Waals surface area contributed by atoms with E-state index in [2.05, 4.69) is 0 Å². The minimum atomic E-state index is -0.522. The standard InChI is InChI=1S/C13H18ClNO3/c1-17-7-3-4-11(15)13(16)9-5-6-10(14)12(8-9)18-2/h5-6,8,11H,3-4,7,15H2,1-2H3. The third-order valence-electron chi connectivity index (χ3n) is 2.64. The topological polar surface area (TPSA) is 61.5 Å². The number of hydrogen-bond acceptors (Lipinski definition) is 4. The smallest absolute Gasteiger partial charge is 0.179 e. The Hall–Kier alpha value is -1.10. The van der Waals surface area contributed by atoms with E-state index in [0.717, 1.165) is 6.42 Å². The number of hydrogen-bond donors (Lipinski definition) is 1. The lowest BCUT2D eigenvalue weighted by atomic mass is 10.0. The lowest BCUT2D eigenvalue weighted by Gasteiger charge is -2.11. The Kier molecular flexibility index (Phi) is 6.12. The molecule has 18 heavy (non-hydrogen) atoms. The van der Waals surface area contributed by atoms with Gasteiger partial charge in [-0.05, 0) is 31.0 Å². The molecule has 0 bridgehead atoms. The van der Waals surface area contributed by atoms with Crippen molar-refractivity contribution in [1.82, 2.24) is 0 Å². The first kappa shape index (κ1) is 15.0. The average Bonchev–Trinajstić information content (AvgIpc) is 2.38. The van der Waals surface area contributed by atoms with Crippen molar-refractivity contribution < 1.29 is 14.3 Å². The second kappa shape index (κ2) is 7.36. The summed E-state index contributed by atoms with van der Waals surface area (Å²) in [6.07, 6.45) is 1.35. The molecule has 0 aliphatic rings. The van der Waals surface area contributed by atoms with Crippen LogP contribution in [0.2, 0.25) is 5.02 Å². The highest BCUT2D eigenvalue weighted by Gasteiger charge is 2.16. The van der Waals surface area contributed by atoms with E-state index in [-0.39, 0.29) is 5.78 Å². The highest BCUT2D eigenvalue weighted by molar-refractivity contribution is 6.32. The van der Waals surface area contributed by atoms with E-state index >= 15 is 0 Å². The normalized spacial score (nSPS) is 12.2. The first-order valence-electron chi connectivity index (χ1n) is 5.72. The molecule has 1 aromatic carbocycles. The molecule has 0 spiro atoms. The lowest BCUT2D eigenvalue weighted by Crippen LogP contribution is -2.30. The fraction of sp³-hybridized carbons (Fsp3) is 0.462. The summed E-state index contributed by atoms with van der Waals surface area (Å²) in [5.41, 5.74) is 6.36. The van der Waals surface area contributed by atoms with Gasteiger partial charge in [-0.25, -0.2) is 0 Å². The first-order chi connectivity index (χ1) is 8.60. The molecule has 100 valence electrons. The van der Waals surface area contributed by atoms with Crippen molar-refractivity contribution in [2.75, 3.05) is 20.8 Å². The molecule has 0 heterocycles. The quantitative estimate of drug-likeness (QED) is 0.610. The van der Waals surface area contributed by atoms with Crippen LogP contribution in [0.25, 0.3) is 0 Å². The van der Waals surface area contributed by atoms with Gasteiger partial charge in [0.15, 0.2) is 5.78 Å². The van der Waals surface area contributed by atoms with Gasteiger partial charge in [-0.2, -0.15) is 0 Å². The molecule has 4 nitrogen and oxygen atoms in total. The van der Waals surface area contributed by atoms with Crippen LogP contribution >= 0.6 is 11.6 Å². The van der Waals surface area contributed by atoms with Gasteiger partial charge in [0.2, 0.25) is 0 Å². The zero-order valence-electron chi connectivity index (χ0n) is 10.6. The average molecular weight is 272 g/mol. The number of ether oxygens (including phenoxy) is 2. The van der Waals surface area contributed by atoms with Crippen molar-refractivity contribution in [1.29, 1.82) is 0 Å². The number of carbonyl (C=O) groups excluding carboxylic acids is 1. The number of ketones is 1. The highest BCUT2D eigenvalue weighted by Crippen LogP contribution is 2.25. The van der Waals surface area contributed by atoms with Crippen LogP contribution in [0.3, 0.4) is 0 Å². The summed E-state index contributed by atoms with van der Waals surface area (Å²) in [6.45, 7) is 0.602. The third-order valence-corrected chi connectivity index (χ3v) is 2.95. The maximum absolute atomic E-state index is 12.1. The van der Waals surface area contributed by atoms with E-state index in [4.69, 9.17) is 26.8 Å². The molecule has 1 rings (SSSR count). The van der Waals surface area contributed by atoms with Crippen molar-refractivity contribution in [3.05, 3.63) is 28.8 Å². The van der Waals surface area contributed by atoms with E-state index in [1.54, 1.807) is 25.3 Å². The molecule has 1 unspecified atom stereocenters. The van der Waals surface area contributed by atoms with Crippen molar-refractivity contribution in [3.8, 4) is 5.75 Å². The molecule has 0 fully saturated rings. The maximum atomic E-state index is 12.1. The Morgan fingerprint density at radius 1 is 1.44 bits per heavy atom. The molecule has 0 aromatic heterocycles. The fourth-order valence-corrected chi connectivity index (χ4v) is 1.80. The van der Waals surface area contributed by atoms with Gasteiger partial charge in [-0.3, -0.25) is 4.79 Å². The number of Topliss-reactive ketones (excluding diaryl/α,β-unsaturated/α-hetero) is 1. The van der Waals surface area contributed by atoms with Crippen molar-refractivity contribution in [2.24, 2.45) is 5.73 Å². The summed E-state index contributed by atoms with van der Waals surface area (Å²) < 4.78 is 9.99. The van der Waals surface area contributed by atoms with Crippen LogP contribution in [0, 0.1) is 0 Å². The van der Waals surface area contributed by atoms with Gasteiger partial charge in [-0.1, -0.05) is 11.6 Å². The van der Waals surface area contributed by atoms with Gasteiger partial charge in [0.05, 0.1) is 18.2 Å². The van der Waals surface area contributed by atoms with Crippen LogP contribution in [0.1, 0.15) is 23.2 Å². The fourth-order valence-electron chi connectivity index (χ4n) is 1.61. The predicted molar refractivity (Wildman–Crippen MR) is 71.4 cm³/mol. The number of nitrogens with two attached hydrogens (primary N) is 1. The van der Waals surface area contributed by atoms with Gasteiger partial charge in [0, 0.05) is 19.3 Å². The van der Waals surface area contributed by atoms with E-state index in [9.17, 15) is 4.79 Å². The van der Waals surface area contributed by atoms with E-state index < -0.39 is 6.04 Å². The van der Waals surface area contributed by atoms with Crippen molar-refractivity contribution in [3.63, 3.8) is 0 Å². The summed E-state index contributed by atoms with van der Waals surface area (Å²) in [6, 6.07) is 4.38. The summed E-state index contributed by atoms with van der Waals surface area (Å²) in [5, 5.41) is 0.474. The Morgan fingerprint density at radius 2 is 2.17 bits per heavy atom. The van der Waals surface area contributed by atoms with Gasteiger partial charge in [0.1, 0.15) is 5.75 Å². The van der Waals surface area contributed by atoms with Crippen LogP contribution in [0.15, 0.2) is 18.2 Å². The van der Waals surface area contributed by atoms with E-state index in [1.807, 2.05) is 0 Å². The van der Waals surface area contributed by atoms with E-state index in [0.29, 0.717) is 29.4 Å². The van der Waals surface area contributed by atoms with Gasteiger partial charge < -0.3 is 15.2 Å². The number of rotatable bonds is 7. The monoisotopic (exact) mass is 271 g/mol. The Morgan fingerprint density at radius 3 is 2.78 bits per heavy atom. The van der Waals surface area contributed by atoms with Gasteiger partial charge >= 0.3 is 0 Å². The lowest BCUT2D eigenvalue weighted by molar-refractivity contribution is 0.0950. The SMILES string of the molecule is COCCCC(N)C(=O)c1ccc(Cl)c(OC)c1. The zero-order chi connectivity index (χ0) is 13.5. The molecule has 5 heteroatoms. The molecule has 0 aliphatic heterocycles. The third kappa shape index (κ3) is 3.98. The number of halogens is 1. The number of benzene rings is 1. The van der Waals surface area contributed by atoms with Crippen LogP contribution < -0.4 is 10.5 Å². The maximum Gasteiger partial charge on any atom is 0.179 e. The van der Waals surface area contributed by atoms with Gasteiger partial charge in [0.25, 0.3) is 0 Å². The van der Waals surface area contributed by atoms with Gasteiger partial charge in [-0.15, -0.1) is 0 Å².